The number of piperidine rings is 1. The number of likely N-dealkylation sites (N-methyl/N-ethyl adjacent to an activating group) is 1. The Balaban J connectivity index is 0.00000144. The summed E-state index contributed by atoms with van der Waals surface area (Å²) in [5.74, 6) is 0.0830. The smallest absolute Gasteiger partial charge is 0.254 e. The molecule has 2 saturated heterocycles. The summed E-state index contributed by atoms with van der Waals surface area (Å²) in [6.45, 7) is 3.16. The third kappa shape index (κ3) is 3.81. The second-order valence-corrected chi connectivity index (χ2v) is 4.35. The predicted octanol–water partition coefficient (Wildman–Crippen LogP) is 0.0340. The molecule has 5 nitrogen and oxygen atoms in total. The van der Waals surface area contributed by atoms with Crippen LogP contribution in [0.3, 0.4) is 0 Å². The van der Waals surface area contributed by atoms with Crippen LogP contribution in [0.1, 0.15) is 12.8 Å². The van der Waals surface area contributed by atoms with Crippen LogP contribution in [0, 0.1) is 0 Å². The van der Waals surface area contributed by atoms with Gasteiger partial charge in [-0.3, -0.25) is 4.79 Å². The molecule has 1 N–H and O–H groups in total. The molecule has 0 aromatic heterocycles. The van der Waals surface area contributed by atoms with Gasteiger partial charge in [0.25, 0.3) is 5.91 Å². The molecule has 2 aliphatic rings. The quantitative estimate of drug-likeness (QED) is 0.765. The second-order valence-electron chi connectivity index (χ2n) is 4.35. The summed E-state index contributed by atoms with van der Waals surface area (Å²) in [5, 5.41) is 3.23. The summed E-state index contributed by atoms with van der Waals surface area (Å²) in [4.78, 5) is 14.0. The van der Waals surface area contributed by atoms with Crippen molar-refractivity contribution in [1.29, 1.82) is 0 Å². The number of hydrogen-bond acceptors (Lipinski definition) is 4. The predicted molar refractivity (Wildman–Crippen MR) is 66.5 cm³/mol. The normalized spacial score (nSPS) is 29.6. The summed E-state index contributed by atoms with van der Waals surface area (Å²) in [6, 6.07) is 0.419. The minimum Gasteiger partial charge on any atom is -0.376 e. The van der Waals surface area contributed by atoms with Crippen molar-refractivity contribution in [2.45, 2.75) is 25.0 Å². The molecule has 2 fully saturated rings. The van der Waals surface area contributed by atoms with Crippen molar-refractivity contribution in [3.63, 3.8) is 0 Å². The fourth-order valence-electron chi connectivity index (χ4n) is 2.25. The van der Waals surface area contributed by atoms with Crippen LogP contribution in [0.25, 0.3) is 0 Å². The Hall–Kier alpha value is -0.360. The zero-order valence-electron chi connectivity index (χ0n) is 10.2. The highest BCUT2D eigenvalue weighted by atomic mass is 35.5. The maximum atomic E-state index is 12.1. The first kappa shape index (κ1) is 14.7. The number of halogens is 1. The summed E-state index contributed by atoms with van der Waals surface area (Å²) in [5.41, 5.74) is 0. The highest BCUT2D eigenvalue weighted by molar-refractivity contribution is 5.85. The second kappa shape index (κ2) is 7.16. The average Bonchev–Trinajstić information content (AvgIpc) is 2.39. The molecule has 0 aromatic carbocycles. The average molecular weight is 265 g/mol. The molecule has 17 heavy (non-hydrogen) atoms. The third-order valence-electron chi connectivity index (χ3n) is 3.23. The molecule has 2 unspecified atom stereocenters. The minimum absolute atomic E-state index is 0. The van der Waals surface area contributed by atoms with Gasteiger partial charge in [0, 0.05) is 19.1 Å². The molecule has 2 atom stereocenters. The van der Waals surface area contributed by atoms with E-state index in [2.05, 4.69) is 5.32 Å². The standard InChI is InChI=1S/C11H20N2O3.ClH/c1-12-9-3-2-4-13(7-9)11(14)10-8-15-5-6-16-10;/h9-10,12H,2-8H2,1H3;1H. The lowest BCUT2D eigenvalue weighted by Gasteiger charge is -2.35. The van der Waals surface area contributed by atoms with Gasteiger partial charge in [-0.25, -0.2) is 0 Å². The number of carbonyl (C=O) groups is 1. The fourth-order valence-corrected chi connectivity index (χ4v) is 2.25. The van der Waals surface area contributed by atoms with Crippen molar-refractivity contribution < 1.29 is 14.3 Å². The monoisotopic (exact) mass is 264 g/mol. The van der Waals surface area contributed by atoms with Crippen LogP contribution in [0.15, 0.2) is 0 Å². The van der Waals surface area contributed by atoms with Gasteiger partial charge in [-0.05, 0) is 19.9 Å². The van der Waals surface area contributed by atoms with E-state index in [1.165, 1.54) is 0 Å². The van der Waals surface area contributed by atoms with Gasteiger partial charge in [0.1, 0.15) is 0 Å². The maximum Gasteiger partial charge on any atom is 0.254 e. The fraction of sp³-hybridized carbons (Fsp3) is 0.909. The topological polar surface area (TPSA) is 50.8 Å². The molecule has 2 heterocycles. The van der Waals surface area contributed by atoms with Gasteiger partial charge >= 0.3 is 0 Å². The van der Waals surface area contributed by atoms with Gasteiger partial charge in [0.15, 0.2) is 6.10 Å². The Morgan fingerprint density at radius 1 is 1.41 bits per heavy atom. The van der Waals surface area contributed by atoms with Crippen LogP contribution in [-0.4, -0.2) is 62.9 Å². The van der Waals surface area contributed by atoms with E-state index in [0.717, 1.165) is 25.9 Å². The highest BCUT2D eigenvalue weighted by Gasteiger charge is 2.30. The number of rotatable bonds is 2. The first-order chi connectivity index (χ1) is 7.81. The summed E-state index contributed by atoms with van der Waals surface area (Å²) in [7, 11) is 1.94. The van der Waals surface area contributed by atoms with Crippen LogP contribution < -0.4 is 5.32 Å². The molecule has 0 spiro atoms. The van der Waals surface area contributed by atoms with Crippen LogP contribution in [-0.2, 0) is 14.3 Å². The summed E-state index contributed by atoms with van der Waals surface area (Å²) >= 11 is 0. The third-order valence-corrected chi connectivity index (χ3v) is 3.23. The lowest BCUT2D eigenvalue weighted by Crippen LogP contribution is -2.52. The van der Waals surface area contributed by atoms with E-state index in [9.17, 15) is 4.79 Å². The van der Waals surface area contributed by atoms with Gasteiger partial charge in [0.2, 0.25) is 0 Å². The van der Waals surface area contributed by atoms with Crippen molar-refractivity contribution >= 4 is 18.3 Å². The van der Waals surface area contributed by atoms with Gasteiger partial charge in [-0.15, -0.1) is 12.4 Å². The molecule has 0 aliphatic carbocycles. The zero-order valence-corrected chi connectivity index (χ0v) is 11.0. The van der Waals surface area contributed by atoms with Gasteiger partial charge in [-0.1, -0.05) is 0 Å². The maximum absolute atomic E-state index is 12.1. The van der Waals surface area contributed by atoms with Crippen molar-refractivity contribution in [3.8, 4) is 0 Å². The van der Waals surface area contributed by atoms with Crippen LogP contribution >= 0.6 is 12.4 Å². The lowest BCUT2D eigenvalue weighted by atomic mass is 10.1. The number of nitrogens with zero attached hydrogens (tertiary/aromatic N) is 1. The Bertz CT molecular complexity index is 247. The molecular weight excluding hydrogens is 244 g/mol. The van der Waals surface area contributed by atoms with Gasteiger partial charge in [-0.2, -0.15) is 0 Å². The summed E-state index contributed by atoms with van der Waals surface area (Å²) in [6.07, 6.45) is 1.82. The zero-order chi connectivity index (χ0) is 11.4. The van der Waals surface area contributed by atoms with Gasteiger partial charge in [0.05, 0.1) is 19.8 Å². The molecule has 2 aliphatic heterocycles. The van der Waals surface area contributed by atoms with Crippen LogP contribution in [0.4, 0.5) is 0 Å². The van der Waals surface area contributed by atoms with Crippen molar-refractivity contribution in [2.24, 2.45) is 0 Å². The Morgan fingerprint density at radius 3 is 2.88 bits per heavy atom. The highest BCUT2D eigenvalue weighted by Crippen LogP contribution is 2.13. The molecule has 1 amide bonds. The number of ether oxygens (including phenoxy) is 2. The number of carbonyl (C=O) groups excluding carboxylic acids is 1. The van der Waals surface area contributed by atoms with Crippen LogP contribution in [0.2, 0.25) is 0 Å². The van der Waals surface area contributed by atoms with Crippen molar-refractivity contribution in [2.75, 3.05) is 40.0 Å². The summed E-state index contributed by atoms with van der Waals surface area (Å²) < 4.78 is 10.7. The first-order valence-electron chi connectivity index (χ1n) is 5.96. The molecule has 2 rings (SSSR count). The van der Waals surface area contributed by atoms with Crippen molar-refractivity contribution in [1.82, 2.24) is 10.2 Å². The molecule has 0 aromatic rings. The van der Waals surface area contributed by atoms with Crippen molar-refractivity contribution in [3.05, 3.63) is 0 Å². The molecule has 6 heteroatoms. The van der Waals surface area contributed by atoms with E-state index < -0.39 is 0 Å². The minimum atomic E-state index is -0.385. The number of likely N-dealkylation sites (tertiary alicyclic amines) is 1. The van der Waals surface area contributed by atoms with E-state index in [0.29, 0.717) is 25.9 Å². The Kier molecular flexibility index (Phi) is 6.19. The van der Waals surface area contributed by atoms with Crippen LogP contribution in [0.5, 0.6) is 0 Å². The largest absolute Gasteiger partial charge is 0.376 e. The van der Waals surface area contributed by atoms with E-state index in [1.54, 1.807) is 0 Å². The SMILES string of the molecule is CNC1CCCN(C(=O)C2COCCO2)C1.Cl. The molecular formula is C11H21ClN2O3. The molecule has 0 saturated carbocycles. The number of nitrogens with one attached hydrogen (secondary N) is 1. The van der Waals surface area contributed by atoms with E-state index >= 15 is 0 Å². The van der Waals surface area contributed by atoms with E-state index in [4.69, 9.17) is 9.47 Å². The molecule has 0 bridgehead atoms. The molecule has 100 valence electrons. The van der Waals surface area contributed by atoms with E-state index in [-0.39, 0.29) is 24.4 Å². The van der Waals surface area contributed by atoms with Gasteiger partial charge < -0.3 is 19.7 Å². The number of amides is 1. The number of hydrogen-bond donors (Lipinski definition) is 1. The Morgan fingerprint density at radius 2 is 2.24 bits per heavy atom. The first-order valence-corrected chi connectivity index (χ1v) is 5.96. The van der Waals surface area contributed by atoms with E-state index in [1.807, 2.05) is 11.9 Å². The molecule has 0 radical (unpaired) electrons. The lowest BCUT2D eigenvalue weighted by molar-refractivity contribution is -0.159. The Labute approximate surface area is 108 Å².